The van der Waals surface area contributed by atoms with E-state index in [-0.39, 0.29) is 0 Å². The number of aryl methyl sites for hydroxylation is 3. The molecule has 0 saturated heterocycles. The number of rotatable bonds is 1. The minimum atomic E-state index is 0.555. The van der Waals surface area contributed by atoms with Crippen LogP contribution in [-0.4, -0.2) is 35.1 Å². The average molecular weight is 268 g/mol. The van der Waals surface area contributed by atoms with Gasteiger partial charge in [0, 0.05) is 12.1 Å². The first-order valence-corrected chi connectivity index (χ1v) is 6.29. The highest BCUT2D eigenvalue weighted by Crippen LogP contribution is 2.20. The van der Waals surface area contributed by atoms with Gasteiger partial charge < -0.3 is 0 Å². The molecule has 0 amide bonds. The molecular weight excluding hydrogens is 256 g/mol. The van der Waals surface area contributed by atoms with Crippen molar-refractivity contribution in [2.75, 3.05) is 0 Å². The molecule has 4 aromatic rings. The lowest BCUT2D eigenvalue weighted by Crippen LogP contribution is -2.05. The van der Waals surface area contributed by atoms with E-state index in [1.807, 2.05) is 32.9 Å². The van der Waals surface area contributed by atoms with Crippen LogP contribution in [0.25, 0.3) is 16.9 Å². The van der Waals surface area contributed by atoms with Gasteiger partial charge >= 0.3 is 0 Å². The molecule has 4 aromatic heterocycles. The molecule has 0 bridgehead atoms. The Morgan fingerprint density at radius 1 is 0.900 bits per heavy atom. The molecule has 4 heterocycles. The van der Waals surface area contributed by atoms with Gasteiger partial charge in [-0.3, -0.25) is 4.79 Å². The van der Waals surface area contributed by atoms with E-state index in [0.29, 0.717) is 16.9 Å². The molecule has 0 spiro atoms. The molecule has 0 atom stereocenters. The average Bonchev–Trinajstić information content (AvgIpc) is 3.03. The van der Waals surface area contributed by atoms with Crippen LogP contribution in [0.4, 0.5) is 0 Å². The number of nitrogens with zero attached hydrogens (tertiary/aromatic N) is 6. The second kappa shape index (κ2) is 3.44. The Kier molecular flexibility index (Phi) is 1.92. The Morgan fingerprint density at radius 2 is 1.45 bits per heavy atom. The lowest BCUT2D eigenvalue weighted by molar-refractivity contribution is 0.112. The van der Waals surface area contributed by atoms with Crippen LogP contribution in [0.5, 0.6) is 0 Å². The van der Waals surface area contributed by atoms with E-state index in [0.717, 1.165) is 29.0 Å². The van der Waals surface area contributed by atoms with E-state index in [1.165, 1.54) is 0 Å². The van der Waals surface area contributed by atoms with Crippen LogP contribution in [-0.2, 0) is 0 Å². The number of aromatic nitrogens is 6. The molecule has 7 nitrogen and oxygen atoms in total. The lowest BCUT2D eigenvalue weighted by Gasteiger charge is -2.02. The van der Waals surface area contributed by atoms with Gasteiger partial charge in [0.2, 0.25) is 0 Å². The summed E-state index contributed by atoms with van der Waals surface area (Å²) in [4.78, 5) is 11.4. The molecule has 100 valence electrons. The zero-order valence-corrected chi connectivity index (χ0v) is 11.3. The maximum atomic E-state index is 11.4. The molecule has 7 heteroatoms. The van der Waals surface area contributed by atoms with E-state index in [2.05, 4.69) is 15.3 Å². The van der Waals surface area contributed by atoms with Crippen molar-refractivity contribution in [2.45, 2.75) is 20.8 Å². The van der Waals surface area contributed by atoms with E-state index in [1.54, 1.807) is 13.5 Å². The number of carbonyl (C=O) groups is 1. The molecule has 20 heavy (non-hydrogen) atoms. The minimum absolute atomic E-state index is 0.555. The summed E-state index contributed by atoms with van der Waals surface area (Å²) in [6.45, 7) is 5.66. The third kappa shape index (κ3) is 1.19. The first-order chi connectivity index (χ1) is 9.60. The Hall–Kier alpha value is -2.70. The molecule has 4 rings (SSSR count). The van der Waals surface area contributed by atoms with Gasteiger partial charge in [-0.05, 0) is 20.8 Å². The highest BCUT2D eigenvalue weighted by atomic mass is 16.1. The van der Waals surface area contributed by atoms with Gasteiger partial charge in [-0.15, -0.1) is 0 Å². The van der Waals surface area contributed by atoms with Crippen LogP contribution < -0.4 is 0 Å². The molecule has 0 aliphatic heterocycles. The molecule has 0 radical (unpaired) electrons. The van der Waals surface area contributed by atoms with Gasteiger partial charge in [-0.2, -0.15) is 28.8 Å². The van der Waals surface area contributed by atoms with Crippen molar-refractivity contribution in [3.63, 3.8) is 0 Å². The van der Waals surface area contributed by atoms with Crippen LogP contribution in [0.2, 0.25) is 0 Å². The predicted octanol–water partition coefficient (Wildman–Crippen LogP) is 1.37. The standard InChI is InChI=1S/C13H12N6O/c1-7-4-12-17(14-7)11-5-8(2)15-18(11)13-10(6-20)9(3)16-19(12)13/h4-6H,1-3H3. The molecular formula is C13H12N6O. The van der Waals surface area contributed by atoms with Gasteiger partial charge in [-0.1, -0.05) is 0 Å². The fourth-order valence-corrected chi connectivity index (χ4v) is 2.63. The topological polar surface area (TPSA) is 69.0 Å². The first-order valence-electron chi connectivity index (χ1n) is 6.29. The lowest BCUT2D eigenvalue weighted by atomic mass is 10.3. The van der Waals surface area contributed by atoms with E-state index in [9.17, 15) is 4.79 Å². The summed E-state index contributed by atoms with van der Waals surface area (Å²) in [5.74, 6) is 0. The summed E-state index contributed by atoms with van der Waals surface area (Å²) in [5, 5.41) is 13.4. The Labute approximate surface area is 113 Å². The fourth-order valence-electron chi connectivity index (χ4n) is 2.63. The number of hydrogen-bond donors (Lipinski definition) is 0. The number of aldehydes is 1. The van der Waals surface area contributed by atoms with Crippen molar-refractivity contribution in [3.8, 4) is 0 Å². The number of carbonyl (C=O) groups excluding carboxylic acids is 1. The van der Waals surface area contributed by atoms with Crippen LogP contribution in [0.1, 0.15) is 27.4 Å². The SMILES string of the molecule is Cc1cc2n(n1)c1cc(C)nn1c1c(C=O)c(C)nn21. The van der Waals surface area contributed by atoms with Gasteiger partial charge in [0.15, 0.2) is 23.2 Å². The quantitative estimate of drug-likeness (QED) is 0.489. The molecule has 0 aromatic carbocycles. The van der Waals surface area contributed by atoms with E-state index >= 15 is 0 Å². The maximum Gasteiger partial charge on any atom is 0.172 e. The summed E-state index contributed by atoms with van der Waals surface area (Å²) < 4.78 is 5.24. The highest BCUT2D eigenvalue weighted by Gasteiger charge is 2.18. The van der Waals surface area contributed by atoms with Crippen molar-refractivity contribution >= 4 is 23.2 Å². The third-order valence-corrected chi connectivity index (χ3v) is 3.46. The van der Waals surface area contributed by atoms with Gasteiger partial charge in [0.25, 0.3) is 0 Å². The van der Waals surface area contributed by atoms with Gasteiger partial charge in [0.1, 0.15) is 0 Å². The van der Waals surface area contributed by atoms with E-state index in [4.69, 9.17) is 0 Å². The summed E-state index contributed by atoms with van der Waals surface area (Å²) in [6, 6.07) is 3.88. The van der Waals surface area contributed by atoms with Crippen LogP contribution >= 0.6 is 0 Å². The van der Waals surface area contributed by atoms with E-state index < -0.39 is 0 Å². The molecule has 0 saturated carbocycles. The van der Waals surface area contributed by atoms with Crippen molar-refractivity contribution in [1.82, 2.24) is 28.8 Å². The number of fused-ring (bicyclic) bond motifs is 6. The predicted molar refractivity (Wildman–Crippen MR) is 72.3 cm³/mol. The molecule has 0 aliphatic carbocycles. The highest BCUT2D eigenvalue weighted by molar-refractivity contribution is 5.87. The molecule has 0 N–H and O–H groups in total. The largest absolute Gasteiger partial charge is 0.298 e. The van der Waals surface area contributed by atoms with Crippen LogP contribution in [0, 0.1) is 20.8 Å². The van der Waals surface area contributed by atoms with Crippen LogP contribution in [0.3, 0.4) is 0 Å². The zero-order chi connectivity index (χ0) is 14.0. The molecule has 0 aliphatic rings. The smallest absolute Gasteiger partial charge is 0.172 e. The summed E-state index contributed by atoms with van der Waals surface area (Å²) in [7, 11) is 0. The molecule has 0 unspecified atom stereocenters. The second-order valence-electron chi connectivity index (χ2n) is 4.96. The maximum absolute atomic E-state index is 11.4. The normalized spacial score (nSPS) is 11.9. The summed E-state index contributed by atoms with van der Waals surface area (Å²) >= 11 is 0. The van der Waals surface area contributed by atoms with Crippen molar-refractivity contribution < 1.29 is 4.79 Å². The first kappa shape index (κ1) is 11.2. The van der Waals surface area contributed by atoms with Crippen molar-refractivity contribution in [3.05, 3.63) is 34.8 Å². The summed E-state index contributed by atoms with van der Waals surface area (Å²) in [6.07, 6.45) is 0.827. The van der Waals surface area contributed by atoms with Crippen LogP contribution in [0.15, 0.2) is 12.1 Å². The fraction of sp³-hybridized carbons (Fsp3) is 0.231. The minimum Gasteiger partial charge on any atom is -0.298 e. The van der Waals surface area contributed by atoms with Crippen molar-refractivity contribution in [1.29, 1.82) is 0 Å². The third-order valence-electron chi connectivity index (χ3n) is 3.46. The Balaban J connectivity index is 2.44. The van der Waals surface area contributed by atoms with Gasteiger partial charge in [-0.25, -0.2) is 0 Å². The monoisotopic (exact) mass is 268 g/mol. The second-order valence-corrected chi connectivity index (χ2v) is 4.96. The van der Waals surface area contributed by atoms with Gasteiger partial charge in [0.05, 0.1) is 22.6 Å². The van der Waals surface area contributed by atoms with Crippen molar-refractivity contribution in [2.24, 2.45) is 0 Å². The molecule has 0 fully saturated rings. The number of hydrogen-bond acceptors (Lipinski definition) is 4. The Bertz CT molecular complexity index is 973. The summed E-state index contributed by atoms with van der Waals surface area (Å²) in [5.41, 5.74) is 5.30. The Morgan fingerprint density at radius 3 is 2.05 bits per heavy atom. The zero-order valence-electron chi connectivity index (χ0n) is 11.3.